The van der Waals surface area contributed by atoms with Gasteiger partial charge in [-0.15, -0.1) is 11.3 Å². The number of ether oxygens (including phenoxy) is 1. The van der Waals surface area contributed by atoms with E-state index in [0.29, 0.717) is 22.8 Å². The van der Waals surface area contributed by atoms with E-state index < -0.39 is 0 Å². The third kappa shape index (κ3) is 4.94. The number of carbonyl (C=O) groups is 1. The van der Waals surface area contributed by atoms with Crippen LogP contribution < -0.4 is 15.7 Å². The molecule has 2 heterocycles. The smallest absolute Gasteiger partial charge is 0.267 e. The first-order chi connectivity index (χ1) is 17.5. The lowest BCUT2D eigenvalue weighted by atomic mass is 10.1. The molecule has 1 aliphatic carbocycles. The fourth-order valence-electron chi connectivity index (χ4n) is 4.28. The number of hydrogen-bond donors (Lipinski definition) is 1. The summed E-state index contributed by atoms with van der Waals surface area (Å²) < 4.78 is 7.17. The number of benzene rings is 2. The Morgan fingerprint density at radius 2 is 2.03 bits per heavy atom. The zero-order valence-corrected chi connectivity index (χ0v) is 21.7. The average Bonchev–Trinajstić information content (AvgIpc) is 3.46. The molecule has 9 heteroatoms. The lowest BCUT2D eigenvalue weighted by molar-refractivity contribution is -0.118. The molecule has 0 saturated carbocycles. The fourth-order valence-corrected chi connectivity index (χ4v) is 6.38. The molecular weight excluding hydrogens is 492 g/mol. The van der Waals surface area contributed by atoms with Gasteiger partial charge in [0.15, 0.2) is 5.16 Å². The lowest BCUT2D eigenvalue weighted by Crippen LogP contribution is -2.24. The lowest BCUT2D eigenvalue weighted by Gasteiger charge is -2.13. The number of thiophene rings is 1. The van der Waals surface area contributed by atoms with Gasteiger partial charge in [-0.25, -0.2) is 10.4 Å². The second-order valence-electron chi connectivity index (χ2n) is 8.44. The number of rotatable bonds is 8. The number of thioether (sulfide) groups is 1. The van der Waals surface area contributed by atoms with Gasteiger partial charge in [-0.2, -0.15) is 5.10 Å². The van der Waals surface area contributed by atoms with Crippen molar-refractivity contribution in [1.29, 1.82) is 0 Å². The maximum atomic E-state index is 13.7. The molecule has 184 valence electrons. The average molecular weight is 519 g/mol. The normalized spacial score (nSPS) is 12.8. The minimum atomic E-state index is -0.272. The molecule has 4 aromatic rings. The van der Waals surface area contributed by atoms with E-state index in [4.69, 9.17) is 9.72 Å². The predicted octanol–water partition coefficient (Wildman–Crippen LogP) is 4.89. The molecule has 7 nitrogen and oxygen atoms in total. The van der Waals surface area contributed by atoms with Gasteiger partial charge in [0.05, 0.1) is 29.6 Å². The van der Waals surface area contributed by atoms with E-state index in [1.807, 2.05) is 62.4 Å². The molecule has 0 atom stereocenters. The molecule has 1 N–H and O–H groups in total. The summed E-state index contributed by atoms with van der Waals surface area (Å²) in [7, 11) is 0. The summed E-state index contributed by atoms with van der Waals surface area (Å²) in [6, 6.07) is 15.2. The van der Waals surface area contributed by atoms with Crippen LogP contribution in [0.1, 0.15) is 34.9 Å². The van der Waals surface area contributed by atoms with Gasteiger partial charge in [-0.05, 0) is 74.1 Å². The molecule has 2 aromatic carbocycles. The van der Waals surface area contributed by atoms with Crippen LogP contribution in [-0.2, 0) is 17.6 Å². The van der Waals surface area contributed by atoms with Crippen LogP contribution in [0.4, 0.5) is 0 Å². The Labute approximate surface area is 217 Å². The highest BCUT2D eigenvalue weighted by atomic mass is 32.2. The van der Waals surface area contributed by atoms with Crippen LogP contribution in [0.25, 0.3) is 15.9 Å². The van der Waals surface area contributed by atoms with Crippen molar-refractivity contribution in [2.75, 3.05) is 12.4 Å². The molecule has 1 amide bonds. The Bertz CT molecular complexity index is 1510. The van der Waals surface area contributed by atoms with Crippen LogP contribution >= 0.6 is 23.1 Å². The summed E-state index contributed by atoms with van der Waals surface area (Å²) in [6.07, 6.45) is 4.59. The molecule has 0 bridgehead atoms. The van der Waals surface area contributed by atoms with E-state index >= 15 is 0 Å². The van der Waals surface area contributed by atoms with Crippen molar-refractivity contribution in [3.63, 3.8) is 0 Å². The number of nitrogens with one attached hydrogen (secondary N) is 1. The molecule has 2 aromatic heterocycles. The SMILES string of the molecule is CCOc1ccc(-n2c(SCC(=O)NN=Cc3ccccc3C)nc3sc4c(c3c2=O)CCC4)cc1. The topological polar surface area (TPSA) is 85.6 Å². The molecule has 0 unspecified atom stereocenters. The van der Waals surface area contributed by atoms with Crippen molar-refractivity contribution in [2.24, 2.45) is 5.10 Å². The summed E-state index contributed by atoms with van der Waals surface area (Å²) in [5.74, 6) is 0.538. The van der Waals surface area contributed by atoms with Crippen LogP contribution in [0.15, 0.2) is 63.6 Å². The highest BCUT2D eigenvalue weighted by molar-refractivity contribution is 7.99. The number of carbonyl (C=O) groups excluding carboxylic acids is 1. The van der Waals surface area contributed by atoms with Crippen molar-refractivity contribution in [3.05, 3.63) is 80.5 Å². The number of fused-ring (bicyclic) bond motifs is 3. The zero-order chi connectivity index (χ0) is 25.1. The van der Waals surface area contributed by atoms with Crippen molar-refractivity contribution in [1.82, 2.24) is 15.0 Å². The van der Waals surface area contributed by atoms with Crippen LogP contribution in [0.3, 0.4) is 0 Å². The summed E-state index contributed by atoms with van der Waals surface area (Å²) in [6.45, 7) is 4.48. The number of aromatic nitrogens is 2. The maximum Gasteiger partial charge on any atom is 0.267 e. The molecule has 5 rings (SSSR count). The van der Waals surface area contributed by atoms with Gasteiger partial charge in [-0.1, -0.05) is 36.0 Å². The van der Waals surface area contributed by atoms with E-state index in [1.54, 1.807) is 22.1 Å². The molecule has 0 spiro atoms. The van der Waals surface area contributed by atoms with E-state index in [-0.39, 0.29) is 17.2 Å². The van der Waals surface area contributed by atoms with Crippen molar-refractivity contribution < 1.29 is 9.53 Å². The third-order valence-electron chi connectivity index (χ3n) is 6.03. The Kier molecular flexibility index (Phi) is 7.20. The second-order valence-corrected chi connectivity index (χ2v) is 10.5. The van der Waals surface area contributed by atoms with Gasteiger partial charge in [0, 0.05) is 4.88 Å². The molecule has 36 heavy (non-hydrogen) atoms. The largest absolute Gasteiger partial charge is 0.494 e. The highest BCUT2D eigenvalue weighted by Crippen LogP contribution is 2.36. The number of nitrogens with zero attached hydrogens (tertiary/aromatic N) is 3. The number of hydrogen-bond acceptors (Lipinski definition) is 7. The van der Waals surface area contributed by atoms with Gasteiger partial charge >= 0.3 is 0 Å². The zero-order valence-electron chi connectivity index (χ0n) is 20.1. The first-order valence-corrected chi connectivity index (χ1v) is 13.7. The Morgan fingerprint density at radius 3 is 2.81 bits per heavy atom. The van der Waals surface area contributed by atoms with Crippen molar-refractivity contribution in [3.8, 4) is 11.4 Å². The molecular formula is C27H26N4O3S2. The first-order valence-electron chi connectivity index (χ1n) is 11.9. The maximum absolute atomic E-state index is 13.7. The van der Waals surface area contributed by atoms with Crippen LogP contribution in [0.5, 0.6) is 5.75 Å². The van der Waals surface area contributed by atoms with E-state index in [9.17, 15) is 9.59 Å². The van der Waals surface area contributed by atoms with Crippen molar-refractivity contribution in [2.45, 2.75) is 38.3 Å². The first kappa shape index (κ1) is 24.3. The van der Waals surface area contributed by atoms with Crippen LogP contribution in [0.2, 0.25) is 0 Å². The van der Waals surface area contributed by atoms with Gasteiger partial charge < -0.3 is 4.74 Å². The highest BCUT2D eigenvalue weighted by Gasteiger charge is 2.24. The van der Waals surface area contributed by atoms with Crippen LogP contribution in [-0.4, -0.2) is 34.0 Å². The number of aryl methyl sites for hydroxylation is 3. The fraction of sp³-hybridized carbons (Fsp3) is 0.259. The third-order valence-corrected chi connectivity index (χ3v) is 8.15. The monoisotopic (exact) mass is 518 g/mol. The Hall–Kier alpha value is -3.43. The Morgan fingerprint density at radius 1 is 1.22 bits per heavy atom. The minimum absolute atomic E-state index is 0.0746. The predicted molar refractivity (Wildman–Crippen MR) is 146 cm³/mol. The van der Waals surface area contributed by atoms with Gasteiger partial charge in [0.1, 0.15) is 10.6 Å². The molecule has 1 aliphatic rings. The number of amides is 1. The Balaban J connectivity index is 1.42. The van der Waals surface area contributed by atoms with Crippen molar-refractivity contribution >= 4 is 45.4 Å². The summed E-state index contributed by atoms with van der Waals surface area (Å²) in [4.78, 5) is 33.1. The molecule has 0 fully saturated rings. The van der Waals surface area contributed by atoms with E-state index in [0.717, 1.165) is 46.5 Å². The summed E-state index contributed by atoms with van der Waals surface area (Å²) in [5.41, 5.74) is 6.31. The standard InChI is InChI=1S/C27H26N4O3S2/c1-3-34-20-13-11-19(12-14-20)31-26(33)24-21-9-6-10-22(21)36-25(24)29-27(31)35-16-23(32)30-28-15-18-8-5-4-7-17(18)2/h4-5,7-8,11-15H,3,6,9-10,16H2,1-2H3,(H,30,32). The quantitative estimate of drug-likeness (QED) is 0.155. The molecule has 0 aliphatic heterocycles. The van der Waals surface area contributed by atoms with Gasteiger partial charge in [-0.3, -0.25) is 14.2 Å². The minimum Gasteiger partial charge on any atom is -0.494 e. The van der Waals surface area contributed by atoms with Crippen LogP contribution in [0, 0.1) is 6.92 Å². The summed E-state index contributed by atoms with van der Waals surface area (Å²) in [5, 5.41) is 5.27. The molecule has 0 radical (unpaired) electrons. The van der Waals surface area contributed by atoms with Gasteiger partial charge in [0.2, 0.25) is 0 Å². The van der Waals surface area contributed by atoms with Gasteiger partial charge in [0.25, 0.3) is 11.5 Å². The molecule has 0 saturated heterocycles. The van der Waals surface area contributed by atoms with E-state index in [2.05, 4.69) is 10.5 Å². The summed E-state index contributed by atoms with van der Waals surface area (Å²) >= 11 is 2.82. The second kappa shape index (κ2) is 10.7. The van der Waals surface area contributed by atoms with E-state index in [1.165, 1.54) is 16.6 Å². The number of hydrazone groups is 1.